The molecule has 1 heterocycles. The number of halogens is 2. The lowest BCUT2D eigenvalue weighted by Crippen LogP contribution is -2.44. The van der Waals surface area contributed by atoms with Crippen LogP contribution in [0, 0.1) is 17.6 Å². The lowest BCUT2D eigenvalue weighted by molar-refractivity contribution is -0.131. The second-order valence-electron chi connectivity index (χ2n) is 5.12. The number of nitrogens with two attached hydrogens (primary N) is 1. The number of rotatable bonds is 3. The Kier molecular flexibility index (Phi) is 4.72. The molecule has 0 bridgehead atoms. The highest BCUT2D eigenvalue weighted by molar-refractivity contribution is 5.84. The number of nitrogens with zero attached hydrogens (tertiary/aromatic N) is 2. The van der Waals surface area contributed by atoms with E-state index in [4.69, 9.17) is 10.9 Å². The lowest BCUT2D eigenvalue weighted by atomic mass is 9.96. The highest BCUT2D eigenvalue weighted by atomic mass is 19.1. The van der Waals surface area contributed by atoms with Gasteiger partial charge < -0.3 is 15.8 Å². The van der Waals surface area contributed by atoms with Gasteiger partial charge in [0.15, 0.2) is 0 Å². The van der Waals surface area contributed by atoms with Gasteiger partial charge in [-0.05, 0) is 24.5 Å². The first-order valence-electron chi connectivity index (χ1n) is 6.70. The third kappa shape index (κ3) is 3.68. The molecule has 1 aromatic carbocycles. The maximum absolute atomic E-state index is 13.6. The molecule has 0 radical (unpaired) electrons. The van der Waals surface area contributed by atoms with Crippen molar-refractivity contribution in [2.75, 3.05) is 13.1 Å². The summed E-state index contributed by atoms with van der Waals surface area (Å²) in [5, 5.41) is 11.7. The average Bonchev–Trinajstić information content (AvgIpc) is 2.49. The average molecular weight is 297 g/mol. The predicted molar refractivity (Wildman–Crippen MR) is 72.8 cm³/mol. The molecule has 1 aliphatic rings. The first-order valence-corrected chi connectivity index (χ1v) is 6.70. The van der Waals surface area contributed by atoms with Gasteiger partial charge in [0.25, 0.3) is 0 Å². The fourth-order valence-corrected chi connectivity index (χ4v) is 2.47. The Labute approximate surface area is 121 Å². The molecule has 1 saturated heterocycles. The molecule has 3 N–H and O–H groups in total. The molecular formula is C14H17F2N3O2. The minimum absolute atomic E-state index is 0.0977. The van der Waals surface area contributed by atoms with Gasteiger partial charge in [-0.1, -0.05) is 11.2 Å². The van der Waals surface area contributed by atoms with Crippen molar-refractivity contribution in [3.8, 4) is 0 Å². The number of carbonyl (C=O) groups excluding carboxylic acids is 1. The molecule has 7 heteroatoms. The number of amidine groups is 1. The van der Waals surface area contributed by atoms with E-state index in [0.717, 1.165) is 25.0 Å². The summed E-state index contributed by atoms with van der Waals surface area (Å²) < 4.78 is 26.4. The molecule has 114 valence electrons. The molecule has 21 heavy (non-hydrogen) atoms. The molecule has 1 unspecified atom stereocenters. The minimum Gasteiger partial charge on any atom is -0.409 e. The van der Waals surface area contributed by atoms with E-state index in [2.05, 4.69) is 5.16 Å². The van der Waals surface area contributed by atoms with Crippen LogP contribution in [0.3, 0.4) is 0 Å². The zero-order chi connectivity index (χ0) is 15.4. The summed E-state index contributed by atoms with van der Waals surface area (Å²) in [6, 6.07) is 3.16. The maximum atomic E-state index is 13.6. The number of hydrogen-bond donors (Lipinski definition) is 2. The largest absolute Gasteiger partial charge is 0.409 e. The van der Waals surface area contributed by atoms with Crippen LogP contribution in [-0.2, 0) is 11.2 Å². The summed E-state index contributed by atoms with van der Waals surface area (Å²) >= 11 is 0. The molecule has 2 rings (SSSR count). The van der Waals surface area contributed by atoms with Crippen LogP contribution < -0.4 is 5.73 Å². The fraction of sp³-hybridized carbons (Fsp3) is 0.429. The van der Waals surface area contributed by atoms with E-state index in [1.165, 1.54) is 6.07 Å². The quantitative estimate of drug-likeness (QED) is 0.384. The first kappa shape index (κ1) is 15.2. The highest BCUT2D eigenvalue weighted by Crippen LogP contribution is 2.18. The monoisotopic (exact) mass is 297 g/mol. The molecule has 1 aliphatic heterocycles. The Morgan fingerprint density at radius 1 is 1.48 bits per heavy atom. The number of benzene rings is 1. The van der Waals surface area contributed by atoms with E-state index in [9.17, 15) is 13.6 Å². The van der Waals surface area contributed by atoms with Crippen molar-refractivity contribution in [2.45, 2.75) is 19.3 Å². The van der Waals surface area contributed by atoms with E-state index in [1.807, 2.05) is 0 Å². The van der Waals surface area contributed by atoms with E-state index < -0.39 is 11.6 Å². The number of hydrogen-bond acceptors (Lipinski definition) is 3. The van der Waals surface area contributed by atoms with E-state index in [1.54, 1.807) is 4.90 Å². The number of oxime groups is 1. The van der Waals surface area contributed by atoms with Crippen LogP contribution in [0.4, 0.5) is 8.78 Å². The van der Waals surface area contributed by atoms with Crippen molar-refractivity contribution >= 4 is 11.7 Å². The number of amides is 1. The van der Waals surface area contributed by atoms with E-state index in [0.29, 0.717) is 13.1 Å². The third-order valence-electron chi connectivity index (χ3n) is 3.66. The number of piperidine rings is 1. The van der Waals surface area contributed by atoms with Crippen molar-refractivity contribution < 1.29 is 18.8 Å². The zero-order valence-electron chi connectivity index (χ0n) is 11.4. The van der Waals surface area contributed by atoms with Crippen LogP contribution in [0.2, 0.25) is 0 Å². The van der Waals surface area contributed by atoms with Gasteiger partial charge in [-0.3, -0.25) is 4.79 Å². The Balaban J connectivity index is 2.03. The van der Waals surface area contributed by atoms with Crippen molar-refractivity contribution in [1.82, 2.24) is 4.90 Å². The summed E-state index contributed by atoms with van der Waals surface area (Å²) in [7, 11) is 0. The molecule has 1 atom stereocenters. The Morgan fingerprint density at radius 2 is 2.24 bits per heavy atom. The maximum Gasteiger partial charge on any atom is 0.227 e. The van der Waals surface area contributed by atoms with Gasteiger partial charge in [0.2, 0.25) is 5.91 Å². The normalized spacial score (nSPS) is 19.6. The van der Waals surface area contributed by atoms with Crippen LogP contribution in [-0.4, -0.2) is 34.9 Å². The van der Waals surface area contributed by atoms with Gasteiger partial charge in [0, 0.05) is 25.1 Å². The van der Waals surface area contributed by atoms with Crippen LogP contribution in [0.1, 0.15) is 18.4 Å². The predicted octanol–water partition coefficient (Wildman–Crippen LogP) is 1.49. The van der Waals surface area contributed by atoms with Gasteiger partial charge in [0.1, 0.15) is 17.5 Å². The van der Waals surface area contributed by atoms with Gasteiger partial charge in [-0.15, -0.1) is 0 Å². The van der Waals surface area contributed by atoms with Crippen LogP contribution in [0.15, 0.2) is 23.4 Å². The van der Waals surface area contributed by atoms with Crippen LogP contribution >= 0.6 is 0 Å². The van der Waals surface area contributed by atoms with Gasteiger partial charge in [-0.25, -0.2) is 8.78 Å². The SMILES string of the molecule is N/C(=N/O)C1CCCN(C(=O)Cc2ccc(F)cc2F)C1. The van der Waals surface area contributed by atoms with Crippen molar-refractivity contribution in [2.24, 2.45) is 16.8 Å². The molecule has 1 fully saturated rings. The second-order valence-corrected chi connectivity index (χ2v) is 5.12. The molecule has 1 aromatic rings. The molecule has 0 aliphatic carbocycles. The fourth-order valence-electron chi connectivity index (χ4n) is 2.47. The smallest absolute Gasteiger partial charge is 0.227 e. The second kappa shape index (κ2) is 6.51. The molecule has 1 amide bonds. The minimum atomic E-state index is -0.728. The molecule has 0 aromatic heterocycles. The Hall–Kier alpha value is -2.18. The molecular weight excluding hydrogens is 280 g/mol. The lowest BCUT2D eigenvalue weighted by Gasteiger charge is -2.32. The summed E-state index contributed by atoms with van der Waals surface area (Å²) in [5.41, 5.74) is 5.72. The van der Waals surface area contributed by atoms with E-state index in [-0.39, 0.29) is 29.6 Å². The Bertz CT molecular complexity index is 563. The molecule has 0 saturated carbocycles. The third-order valence-corrected chi connectivity index (χ3v) is 3.66. The van der Waals surface area contributed by atoms with E-state index >= 15 is 0 Å². The van der Waals surface area contributed by atoms with Crippen molar-refractivity contribution in [1.29, 1.82) is 0 Å². The van der Waals surface area contributed by atoms with Crippen LogP contribution in [0.25, 0.3) is 0 Å². The van der Waals surface area contributed by atoms with Gasteiger partial charge in [0.05, 0.1) is 6.42 Å². The molecule has 5 nitrogen and oxygen atoms in total. The Morgan fingerprint density at radius 3 is 2.90 bits per heavy atom. The van der Waals surface area contributed by atoms with Crippen molar-refractivity contribution in [3.05, 3.63) is 35.4 Å². The molecule has 0 spiro atoms. The van der Waals surface area contributed by atoms with Crippen molar-refractivity contribution in [3.63, 3.8) is 0 Å². The number of likely N-dealkylation sites (tertiary alicyclic amines) is 1. The summed E-state index contributed by atoms with van der Waals surface area (Å²) in [4.78, 5) is 13.7. The van der Waals surface area contributed by atoms with Gasteiger partial charge in [-0.2, -0.15) is 0 Å². The summed E-state index contributed by atoms with van der Waals surface area (Å²) in [6.45, 7) is 0.897. The standard InChI is InChI=1S/C14H17F2N3O2/c15-11-4-3-9(12(16)7-11)6-13(20)19-5-1-2-10(8-19)14(17)18-21/h3-4,7,10,21H,1-2,5-6,8H2,(H2,17,18). The topological polar surface area (TPSA) is 78.9 Å². The zero-order valence-corrected chi connectivity index (χ0v) is 11.4. The summed E-state index contributed by atoms with van der Waals surface area (Å²) in [5.74, 6) is -1.75. The number of carbonyl (C=O) groups is 1. The summed E-state index contributed by atoms with van der Waals surface area (Å²) in [6.07, 6.45) is 1.35. The highest BCUT2D eigenvalue weighted by Gasteiger charge is 2.26. The first-order chi connectivity index (χ1) is 10.0. The van der Waals surface area contributed by atoms with Crippen LogP contribution in [0.5, 0.6) is 0 Å². The van der Waals surface area contributed by atoms with Gasteiger partial charge >= 0.3 is 0 Å².